The Morgan fingerprint density at radius 3 is 2.80 bits per heavy atom. The van der Waals surface area contributed by atoms with E-state index in [0.717, 1.165) is 16.3 Å². The second-order valence-electron chi connectivity index (χ2n) is 2.77. The molecule has 15 heavy (non-hydrogen) atoms. The van der Waals surface area contributed by atoms with Gasteiger partial charge < -0.3 is 4.74 Å². The maximum absolute atomic E-state index is 11.2. The molecule has 0 spiro atoms. The summed E-state index contributed by atoms with van der Waals surface area (Å²) in [5, 5.41) is 2.71. The molecule has 0 radical (unpaired) electrons. The number of carbonyl (C=O) groups is 1. The Bertz CT molecular complexity index is 328. The Hall–Kier alpha value is -1.16. The zero-order valence-corrected chi connectivity index (χ0v) is 9.76. The first-order chi connectivity index (χ1) is 7.27. The van der Waals surface area contributed by atoms with Crippen LogP contribution in [0.2, 0.25) is 0 Å². The summed E-state index contributed by atoms with van der Waals surface area (Å²) in [5.74, 6) is 0.974. The van der Waals surface area contributed by atoms with E-state index in [0.29, 0.717) is 6.61 Å². The fourth-order valence-corrected chi connectivity index (χ4v) is 1.89. The van der Waals surface area contributed by atoms with Gasteiger partial charge in [-0.15, -0.1) is 11.8 Å². The number of ether oxygens (including phenoxy) is 1. The molecule has 0 fully saturated rings. The molecule has 0 aromatic heterocycles. The summed E-state index contributed by atoms with van der Waals surface area (Å²) in [5.41, 5.74) is 0.808. The molecular formula is C11H15NO2S. The van der Waals surface area contributed by atoms with E-state index < -0.39 is 6.09 Å². The lowest BCUT2D eigenvalue weighted by atomic mass is 10.3. The number of para-hydroxylation sites is 1. The highest BCUT2D eigenvalue weighted by molar-refractivity contribution is 7.99. The monoisotopic (exact) mass is 225 g/mol. The van der Waals surface area contributed by atoms with E-state index >= 15 is 0 Å². The molecule has 3 nitrogen and oxygen atoms in total. The quantitative estimate of drug-likeness (QED) is 0.798. The van der Waals surface area contributed by atoms with Crippen molar-refractivity contribution in [2.24, 2.45) is 0 Å². The molecule has 0 saturated carbocycles. The van der Waals surface area contributed by atoms with Crippen molar-refractivity contribution < 1.29 is 9.53 Å². The van der Waals surface area contributed by atoms with Gasteiger partial charge in [0.15, 0.2) is 0 Å². The van der Waals surface area contributed by atoms with E-state index in [1.165, 1.54) is 0 Å². The molecule has 0 aliphatic rings. The highest BCUT2D eigenvalue weighted by atomic mass is 32.2. The third kappa shape index (κ3) is 3.83. The Morgan fingerprint density at radius 1 is 1.40 bits per heavy atom. The standard InChI is InChI=1S/C11H15NO2S/c1-3-14-11(13)12-9-7-5-6-8-10(9)15-4-2/h5-8H,3-4H2,1-2H3,(H,12,13). The SMILES string of the molecule is CCOC(=O)Nc1ccccc1SCC. The fraction of sp³-hybridized carbons (Fsp3) is 0.364. The first-order valence-electron chi connectivity index (χ1n) is 4.93. The maximum atomic E-state index is 11.2. The Balaban J connectivity index is 2.70. The molecule has 0 aliphatic heterocycles. The van der Waals surface area contributed by atoms with Crippen molar-refractivity contribution in [3.63, 3.8) is 0 Å². The molecule has 0 unspecified atom stereocenters. The van der Waals surface area contributed by atoms with E-state index in [4.69, 9.17) is 4.74 Å². The van der Waals surface area contributed by atoms with Crippen molar-refractivity contribution >= 4 is 23.5 Å². The van der Waals surface area contributed by atoms with E-state index in [1.54, 1.807) is 18.7 Å². The minimum absolute atomic E-state index is 0.384. The number of rotatable bonds is 4. The lowest BCUT2D eigenvalue weighted by Gasteiger charge is -2.09. The van der Waals surface area contributed by atoms with E-state index in [9.17, 15) is 4.79 Å². The summed E-state index contributed by atoms with van der Waals surface area (Å²) in [6, 6.07) is 7.69. The summed E-state index contributed by atoms with van der Waals surface area (Å²) in [6.07, 6.45) is -0.401. The first kappa shape index (κ1) is 11.9. The van der Waals surface area contributed by atoms with Gasteiger partial charge in [-0.2, -0.15) is 0 Å². The predicted molar refractivity (Wildman–Crippen MR) is 63.5 cm³/mol. The van der Waals surface area contributed by atoms with Gasteiger partial charge in [0.25, 0.3) is 0 Å². The summed E-state index contributed by atoms with van der Waals surface area (Å²) in [4.78, 5) is 12.3. The second-order valence-corrected chi connectivity index (χ2v) is 4.08. The number of thioether (sulfide) groups is 1. The highest BCUT2D eigenvalue weighted by Gasteiger charge is 2.05. The highest BCUT2D eigenvalue weighted by Crippen LogP contribution is 2.26. The van der Waals surface area contributed by atoms with Crippen LogP contribution in [0.5, 0.6) is 0 Å². The minimum atomic E-state index is -0.401. The first-order valence-corrected chi connectivity index (χ1v) is 5.92. The minimum Gasteiger partial charge on any atom is -0.450 e. The van der Waals surface area contributed by atoms with Crippen LogP contribution < -0.4 is 5.32 Å². The van der Waals surface area contributed by atoms with Crippen LogP contribution in [-0.4, -0.2) is 18.5 Å². The van der Waals surface area contributed by atoms with E-state index in [-0.39, 0.29) is 0 Å². The van der Waals surface area contributed by atoms with E-state index in [2.05, 4.69) is 12.2 Å². The number of carbonyl (C=O) groups excluding carboxylic acids is 1. The number of benzene rings is 1. The molecule has 0 bridgehead atoms. The van der Waals surface area contributed by atoms with Crippen LogP contribution in [0, 0.1) is 0 Å². The normalized spacial score (nSPS) is 9.73. The van der Waals surface area contributed by atoms with Gasteiger partial charge in [0.2, 0.25) is 0 Å². The summed E-state index contributed by atoms with van der Waals surface area (Å²) >= 11 is 1.69. The van der Waals surface area contributed by atoms with Gasteiger partial charge in [-0.05, 0) is 24.8 Å². The molecule has 1 N–H and O–H groups in total. The Labute approximate surface area is 94.2 Å². The molecule has 4 heteroatoms. The van der Waals surface area contributed by atoms with Gasteiger partial charge in [0.05, 0.1) is 12.3 Å². The average molecular weight is 225 g/mol. The van der Waals surface area contributed by atoms with Gasteiger partial charge in [-0.25, -0.2) is 4.79 Å². The van der Waals surface area contributed by atoms with Gasteiger partial charge in [0, 0.05) is 4.90 Å². The fourth-order valence-electron chi connectivity index (χ4n) is 1.13. The number of amides is 1. The molecule has 0 saturated heterocycles. The average Bonchev–Trinajstić information content (AvgIpc) is 2.21. The lowest BCUT2D eigenvalue weighted by Crippen LogP contribution is -2.13. The molecule has 1 rings (SSSR count). The molecule has 0 aliphatic carbocycles. The summed E-state index contributed by atoms with van der Waals surface area (Å²) in [6.45, 7) is 4.24. The van der Waals surface area contributed by atoms with Gasteiger partial charge in [0.1, 0.15) is 0 Å². The van der Waals surface area contributed by atoms with Crippen molar-refractivity contribution in [1.82, 2.24) is 0 Å². The number of hydrogen-bond donors (Lipinski definition) is 1. The van der Waals surface area contributed by atoms with Crippen molar-refractivity contribution in [2.45, 2.75) is 18.7 Å². The maximum Gasteiger partial charge on any atom is 0.411 e. The smallest absolute Gasteiger partial charge is 0.411 e. The molecule has 1 amide bonds. The lowest BCUT2D eigenvalue weighted by molar-refractivity contribution is 0.168. The zero-order valence-electron chi connectivity index (χ0n) is 8.95. The number of anilines is 1. The van der Waals surface area contributed by atoms with Crippen LogP contribution in [0.3, 0.4) is 0 Å². The third-order valence-electron chi connectivity index (χ3n) is 1.70. The van der Waals surface area contributed by atoms with Crippen LogP contribution in [0.1, 0.15) is 13.8 Å². The van der Waals surface area contributed by atoms with E-state index in [1.807, 2.05) is 24.3 Å². The van der Waals surface area contributed by atoms with Crippen LogP contribution in [0.15, 0.2) is 29.2 Å². The van der Waals surface area contributed by atoms with Crippen LogP contribution >= 0.6 is 11.8 Å². The van der Waals surface area contributed by atoms with Crippen LogP contribution in [-0.2, 0) is 4.74 Å². The third-order valence-corrected chi connectivity index (χ3v) is 2.65. The zero-order chi connectivity index (χ0) is 11.1. The second kappa shape index (κ2) is 6.35. The molecule has 82 valence electrons. The summed E-state index contributed by atoms with van der Waals surface area (Å²) in [7, 11) is 0. The van der Waals surface area contributed by atoms with Crippen LogP contribution in [0.25, 0.3) is 0 Å². The van der Waals surface area contributed by atoms with Gasteiger partial charge in [-0.3, -0.25) is 5.32 Å². The Morgan fingerprint density at radius 2 is 2.13 bits per heavy atom. The molecule has 1 aromatic rings. The Kier molecular flexibility index (Phi) is 5.04. The molecule has 0 atom stereocenters. The number of hydrogen-bond acceptors (Lipinski definition) is 3. The van der Waals surface area contributed by atoms with Crippen molar-refractivity contribution in [2.75, 3.05) is 17.7 Å². The van der Waals surface area contributed by atoms with Gasteiger partial charge >= 0.3 is 6.09 Å². The van der Waals surface area contributed by atoms with Crippen molar-refractivity contribution in [3.05, 3.63) is 24.3 Å². The molecular weight excluding hydrogens is 210 g/mol. The van der Waals surface area contributed by atoms with Crippen molar-refractivity contribution in [1.29, 1.82) is 0 Å². The van der Waals surface area contributed by atoms with Gasteiger partial charge in [-0.1, -0.05) is 19.1 Å². The van der Waals surface area contributed by atoms with Crippen molar-refractivity contribution in [3.8, 4) is 0 Å². The van der Waals surface area contributed by atoms with Crippen LogP contribution in [0.4, 0.5) is 10.5 Å². The molecule has 0 heterocycles. The largest absolute Gasteiger partial charge is 0.450 e. The topological polar surface area (TPSA) is 38.3 Å². The predicted octanol–water partition coefficient (Wildman–Crippen LogP) is 3.37. The number of nitrogens with one attached hydrogen (secondary N) is 1. The summed E-state index contributed by atoms with van der Waals surface area (Å²) < 4.78 is 4.82. The molecule has 1 aromatic carbocycles.